The van der Waals surface area contributed by atoms with Gasteiger partial charge in [0.25, 0.3) is 5.56 Å². The molecular formula is C17H9ClF6N4O2. The number of halogens is 7. The summed E-state index contributed by atoms with van der Waals surface area (Å²) in [4.78, 5) is 21.4. The highest BCUT2D eigenvalue weighted by Gasteiger charge is 2.39. The van der Waals surface area contributed by atoms with Gasteiger partial charge in [-0.25, -0.2) is 4.98 Å². The fourth-order valence-electron chi connectivity index (χ4n) is 2.32. The smallest absolute Gasteiger partial charge is 0.437 e. The van der Waals surface area contributed by atoms with E-state index in [0.29, 0.717) is 6.07 Å². The zero-order chi connectivity index (χ0) is 22.3. The molecule has 0 spiro atoms. The van der Waals surface area contributed by atoms with Gasteiger partial charge in [0.2, 0.25) is 5.75 Å². The lowest BCUT2D eigenvalue weighted by molar-refractivity contribution is -0.142. The SMILES string of the molecule is Nc1ccc(-c2nc(C(F)(F)F)c(Oc3ccc(Cl)c(C(F)(F)F)c3)c(=O)[nH]2)nc1. The lowest BCUT2D eigenvalue weighted by Crippen LogP contribution is -2.21. The van der Waals surface area contributed by atoms with E-state index < -0.39 is 51.5 Å². The van der Waals surface area contributed by atoms with Crippen molar-refractivity contribution >= 4 is 17.3 Å². The van der Waals surface area contributed by atoms with Crippen LogP contribution in [0, 0.1) is 0 Å². The number of aromatic nitrogens is 3. The van der Waals surface area contributed by atoms with Crippen LogP contribution in [-0.2, 0) is 12.4 Å². The zero-order valence-electron chi connectivity index (χ0n) is 14.4. The number of ether oxygens (including phenoxy) is 1. The molecule has 13 heteroatoms. The van der Waals surface area contributed by atoms with Crippen LogP contribution in [0.3, 0.4) is 0 Å². The number of H-pyrrole nitrogens is 1. The lowest BCUT2D eigenvalue weighted by atomic mass is 10.2. The highest BCUT2D eigenvalue weighted by atomic mass is 35.5. The Morgan fingerprint density at radius 3 is 2.30 bits per heavy atom. The number of hydrogen-bond acceptors (Lipinski definition) is 5. The number of rotatable bonds is 3. The molecule has 0 radical (unpaired) electrons. The third-order valence-electron chi connectivity index (χ3n) is 3.64. The Labute approximate surface area is 168 Å². The molecule has 30 heavy (non-hydrogen) atoms. The zero-order valence-corrected chi connectivity index (χ0v) is 15.2. The van der Waals surface area contributed by atoms with Gasteiger partial charge in [0, 0.05) is 0 Å². The van der Waals surface area contributed by atoms with Gasteiger partial charge >= 0.3 is 12.4 Å². The highest BCUT2D eigenvalue weighted by Crippen LogP contribution is 2.39. The molecule has 158 valence electrons. The second-order valence-corrected chi connectivity index (χ2v) is 6.22. The number of hydrogen-bond donors (Lipinski definition) is 2. The third kappa shape index (κ3) is 4.48. The fraction of sp³-hybridized carbons (Fsp3) is 0.118. The summed E-state index contributed by atoms with van der Waals surface area (Å²) in [7, 11) is 0. The van der Waals surface area contributed by atoms with Gasteiger partial charge < -0.3 is 15.5 Å². The number of alkyl halides is 6. The summed E-state index contributed by atoms with van der Waals surface area (Å²) in [5, 5.41) is -0.692. The summed E-state index contributed by atoms with van der Waals surface area (Å²) >= 11 is 5.47. The van der Waals surface area contributed by atoms with E-state index in [2.05, 4.69) is 15.0 Å². The van der Waals surface area contributed by atoms with Crippen molar-refractivity contribution in [3.63, 3.8) is 0 Å². The van der Waals surface area contributed by atoms with E-state index in [1.807, 2.05) is 0 Å². The van der Waals surface area contributed by atoms with Gasteiger partial charge in [-0.15, -0.1) is 0 Å². The third-order valence-corrected chi connectivity index (χ3v) is 3.97. The molecule has 1 aromatic carbocycles. The Morgan fingerprint density at radius 2 is 1.73 bits per heavy atom. The molecule has 3 rings (SSSR count). The minimum atomic E-state index is -5.16. The summed E-state index contributed by atoms with van der Waals surface area (Å²) < 4.78 is 84.2. The molecule has 0 bridgehead atoms. The first-order valence-corrected chi connectivity index (χ1v) is 8.22. The monoisotopic (exact) mass is 450 g/mol. The van der Waals surface area contributed by atoms with Crippen LogP contribution in [0.25, 0.3) is 11.5 Å². The first-order chi connectivity index (χ1) is 13.9. The van der Waals surface area contributed by atoms with E-state index >= 15 is 0 Å². The first kappa shape index (κ1) is 21.4. The molecule has 3 N–H and O–H groups in total. The maximum absolute atomic E-state index is 13.5. The van der Waals surface area contributed by atoms with E-state index in [-0.39, 0.29) is 11.4 Å². The Balaban J connectivity index is 2.11. The Kier molecular flexibility index (Phi) is 5.37. The lowest BCUT2D eigenvalue weighted by Gasteiger charge is -2.15. The Morgan fingerprint density at radius 1 is 1.03 bits per heavy atom. The predicted octanol–water partition coefficient (Wildman–Crippen LogP) is 4.90. The van der Waals surface area contributed by atoms with Crippen molar-refractivity contribution in [2.45, 2.75) is 12.4 Å². The molecule has 0 atom stereocenters. The topological polar surface area (TPSA) is 93.9 Å². The molecule has 0 amide bonds. The second-order valence-electron chi connectivity index (χ2n) is 5.81. The van der Waals surface area contributed by atoms with Crippen molar-refractivity contribution in [1.82, 2.24) is 15.0 Å². The van der Waals surface area contributed by atoms with Crippen LogP contribution in [0.5, 0.6) is 11.5 Å². The van der Waals surface area contributed by atoms with Crippen molar-refractivity contribution in [3.8, 4) is 23.0 Å². The number of nitrogen functional groups attached to an aromatic ring is 1. The number of anilines is 1. The van der Waals surface area contributed by atoms with Crippen molar-refractivity contribution in [2.75, 3.05) is 5.73 Å². The highest BCUT2D eigenvalue weighted by molar-refractivity contribution is 6.31. The first-order valence-electron chi connectivity index (χ1n) is 7.84. The minimum Gasteiger partial charge on any atom is -0.449 e. The second kappa shape index (κ2) is 7.52. The van der Waals surface area contributed by atoms with Crippen LogP contribution < -0.4 is 16.0 Å². The van der Waals surface area contributed by atoms with Crippen LogP contribution in [0.15, 0.2) is 41.3 Å². The van der Waals surface area contributed by atoms with Gasteiger partial charge in [-0.1, -0.05) is 11.6 Å². The van der Waals surface area contributed by atoms with Crippen molar-refractivity contribution in [1.29, 1.82) is 0 Å². The normalized spacial score (nSPS) is 12.1. The number of nitrogens with two attached hydrogens (primary N) is 1. The summed E-state index contributed by atoms with van der Waals surface area (Å²) in [5.41, 5.74) is 1.08. The molecule has 3 aromatic rings. The van der Waals surface area contributed by atoms with E-state index in [1.165, 1.54) is 12.1 Å². The summed E-state index contributed by atoms with van der Waals surface area (Å²) in [6.07, 6.45) is -8.91. The minimum absolute atomic E-state index is 0.121. The number of nitrogens with zero attached hydrogens (tertiary/aromatic N) is 2. The molecule has 0 aliphatic heterocycles. The number of pyridine rings is 1. The van der Waals surface area contributed by atoms with E-state index in [4.69, 9.17) is 22.1 Å². The molecule has 0 saturated carbocycles. The van der Waals surface area contributed by atoms with Crippen LogP contribution in [0.4, 0.5) is 32.0 Å². The molecule has 6 nitrogen and oxygen atoms in total. The molecule has 0 aliphatic carbocycles. The van der Waals surface area contributed by atoms with Gasteiger partial charge in [-0.2, -0.15) is 26.3 Å². The Hall–Kier alpha value is -3.28. The van der Waals surface area contributed by atoms with Crippen LogP contribution in [-0.4, -0.2) is 15.0 Å². The van der Waals surface area contributed by atoms with E-state index in [9.17, 15) is 31.1 Å². The summed E-state index contributed by atoms with van der Waals surface area (Å²) in [5.74, 6) is -2.56. The van der Waals surface area contributed by atoms with Crippen molar-refractivity contribution < 1.29 is 31.1 Å². The summed E-state index contributed by atoms with van der Waals surface area (Å²) in [6.45, 7) is 0. The van der Waals surface area contributed by atoms with Gasteiger partial charge in [0.1, 0.15) is 11.4 Å². The number of nitrogens with one attached hydrogen (secondary N) is 1. The molecule has 2 heterocycles. The van der Waals surface area contributed by atoms with E-state index in [0.717, 1.165) is 18.3 Å². The molecule has 0 fully saturated rings. The van der Waals surface area contributed by atoms with Crippen LogP contribution >= 0.6 is 11.6 Å². The van der Waals surface area contributed by atoms with E-state index in [1.54, 1.807) is 0 Å². The Bertz CT molecular complexity index is 1140. The fourth-order valence-corrected chi connectivity index (χ4v) is 2.54. The van der Waals surface area contributed by atoms with Crippen molar-refractivity contribution in [3.05, 3.63) is 63.2 Å². The maximum atomic E-state index is 13.5. The largest absolute Gasteiger partial charge is 0.449 e. The molecule has 0 saturated heterocycles. The number of aromatic amines is 1. The quantitative estimate of drug-likeness (QED) is 0.554. The number of benzene rings is 1. The van der Waals surface area contributed by atoms with Gasteiger partial charge in [-0.3, -0.25) is 9.78 Å². The average Bonchev–Trinajstić information content (AvgIpc) is 2.63. The predicted molar refractivity (Wildman–Crippen MR) is 94.0 cm³/mol. The van der Waals surface area contributed by atoms with Gasteiger partial charge in [0.15, 0.2) is 11.5 Å². The molecule has 0 aliphatic rings. The molecule has 0 unspecified atom stereocenters. The molecular weight excluding hydrogens is 442 g/mol. The average molecular weight is 451 g/mol. The molecule has 2 aromatic heterocycles. The standard InChI is InChI=1S/C17H9ClF6N4O2/c18-10-3-2-8(5-9(10)16(19,20)21)30-12-13(17(22,23)24)27-14(28-15(12)29)11-4-1-7(25)6-26-11/h1-6H,25H2,(H,27,28,29). The van der Waals surface area contributed by atoms with Gasteiger partial charge in [0.05, 0.1) is 22.5 Å². The van der Waals surface area contributed by atoms with Crippen LogP contribution in [0.2, 0.25) is 5.02 Å². The van der Waals surface area contributed by atoms with Crippen LogP contribution in [0.1, 0.15) is 11.3 Å². The van der Waals surface area contributed by atoms with Crippen molar-refractivity contribution in [2.24, 2.45) is 0 Å². The maximum Gasteiger partial charge on any atom is 0.437 e. The van der Waals surface area contributed by atoms with Gasteiger partial charge in [-0.05, 0) is 30.3 Å². The summed E-state index contributed by atoms with van der Waals surface area (Å²) in [6, 6.07) is 4.58.